The summed E-state index contributed by atoms with van der Waals surface area (Å²) in [7, 11) is 0. The Bertz CT molecular complexity index is 1560. The topological polar surface area (TPSA) is 78.9 Å². The molecular weight excluding hydrogens is 889 g/mol. The van der Waals surface area contributed by atoms with Crippen LogP contribution in [0, 0.1) is 0 Å². The maximum atomic E-state index is 12.9. The van der Waals surface area contributed by atoms with Crippen molar-refractivity contribution in [2.75, 3.05) is 13.2 Å². The summed E-state index contributed by atoms with van der Waals surface area (Å²) in [6.45, 7) is 6.33. The SMILES string of the molecule is CC\C=C/C=C\C=C/C=C\C=C\C=C/C=C\CCCCCC(=O)OCC(COC(=O)CCCCCCC/C=C\CCCCCCCCC)OC(=O)CCCCCCCCCCC/C=C\C/C=C\C/C=C\CC. The van der Waals surface area contributed by atoms with Crippen LogP contribution in [0.15, 0.2) is 134 Å². The fraction of sp³-hybridized carbons (Fsp3) is 0.621. The van der Waals surface area contributed by atoms with E-state index in [1.807, 2.05) is 72.9 Å². The summed E-state index contributed by atoms with van der Waals surface area (Å²) in [5.41, 5.74) is 0. The molecule has 0 N–H and O–H groups in total. The van der Waals surface area contributed by atoms with E-state index >= 15 is 0 Å². The van der Waals surface area contributed by atoms with Gasteiger partial charge >= 0.3 is 17.9 Å². The highest BCUT2D eigenvalue weighted by Crippen LogP contribution is 2.15. The summed E-state index contributed by atoms with van der Waals surface area (Å²) in [6, 6.07) is 0. The second-order valence-corrected chi connectivity index (χ2v) is 19.0. The van der Waals surface area contributed by atoms with Gasteiger partial charge in [0.25, 0.3) is 0 Å². The fourth-order valence-electron chi connectivity index (χ4n) is 7.73. The highest BCUT2D eigenvalue weighted by Gasteiger charge is 2.19. The van der Waals surface area contributed by atoms with Crippen LogP contribution in [-0.4, -0.2) is 37.2 Å². The molecule has 0 bridgehead atoms. The molecule has 0 radical (unpaired) electrons. The van der Waals surface area contributed by atoms with Crippen molar-refractivity contribution in [1.29, 1.82) is 0 Å². The molecule has 0 aromatic rings. The zero-order valence-electron chi connectivity index (χ0n) is 46.4. The van der Waals surface area contributed by atoms with E-state index in [-0.39, 0.29) is 31.1 Å². The highest BCUT2D eigenvalue weighted by atomic mass is 16.6. The summed E-state index contributed by atoms with van der Waals surface area (Å²) < 4.78 is 16.8. The van der Waals surface area contributed by atoms with Crippen molar-refractivity contribution in [2.24, 2.45) is 0 Å². The molecule has 72 heavy (non-hydrogen) atoms. The minimum Gasteiger partial charge on any atom is -0.462 e. The fourth-order valence-corrected chi connectivity index (χ4v) is 7.73. The molecule has 406 valence electrons. The molecule has 0 aromatic carbocycles. The maximum Gasteiger partial charge on any atom is 0.306 e. The average Bonchev–Trinajstić information content (AvgIpc) is 3.38. The maximum absolute atomic E-state index is 12.9. The third-order valence-corrected chi connectivity index (χ3v) is 12.1. The van der Waals surface area contributed by atoms with E-state index in [1.54, 1.807) is 0 Å². The number of ether oxygens (including phenoxy) is 3. The van der Waals surface area contributed by atoms with Gasteiger partial charge in [0.2, 0.25) is 0 Å². The molecule has 0 aromatic heterocycles. The lowest BCUT2D eigenvalue weighted by Crippen LogP contribution is -2.30. The Morgan fingerprint density at radius 2 is 0.611 bits per heavy atom. The largest absolute Gasteiger partial charge is 0.462 e. The quantitative estimate of drug-likeness (QED) is 0.0199. The molecular formula is C66H106O6. The minimum absolute atomic E-state index is 0.103. The highest BCUT2D eigenvalue weighted by molar-refractivity contribution is 5.71. The Balaban J connectivity index is 4.52. The first-order chi connectivity index (χ1) is 35.5. The number of esters is 3. The first-order valence-corrected chi connectivity index (χ1v) is 29.3. The molecule has 0 spiro atoms. The van der Waals surface area contributed by atoms with Gasteiger partial charge in [0.1, 0.15) is 13.2 Å². The van der Waals surface area contributed by atoms with Crippen LogP contribution in [0.3, 0.4) is 0 Å². The van der Waals surface area contributed by atoms with Gasteiger partial charge in [-0.25, -0.2) is 0 Å². The van der Waals surface area contributed by atoms with Gasteiger partial charge in [-0.05, 0) is 96.3 Å². The molecule has 0 aliphatic rings. The van der Waals surface area contributed by atoms with Crippen molar-refractivity contribution in [1.82, 2.24) is 0 Å². The van der Waals surface area contributed by atoms with Gasteiger partial charge in [-0.15, -0.1) is 0 Å². The molecule has 0 heterocycles. The molecule has 0 aliphatic carbocycles. The number of unbranched alkanes of at least 4 members (excludes halogenated alkanes) is 24. The van der Waals surface area contributed by atoms with E-state index in [2.05, 4.69) is 81.5 Å². The lowest BCUT2D eigenvalue weighted by atomic mass is 10.1. The Labute approximate surface area is 443 Å². The number of allylic oxidation sites excluding steroid dienone is 22. The molecule has 0 amide bonds. The Morgan fingerprint density at radius 1 is 0.306 bits per heavy atom. The molecule has 0 fully saturated rings. The van der Waals surface area contributed by atoms with Crippen molar-refractivity contribution in [2.45, 2.75) is 252 Å². The van der Waals surface area contributed by atoms with Crippen LogP contribution in [0.2, 0.25) is 0 Å². The Morgan fingerprint density at radius 3 is 1.04 bits per heavy atom. The number of hydrogen-bond acceptors (Lipinski definition) is 6. The average molecular weight is 996 g/mol. The normalized spacial score (nSPS) is 13.1. The summed E-state index contributed by atoms with van der Waals surface area (Å²) in [5.74, 6) is -0.964. The predicted octanol–water partition coefficient (Wildman–Crippen LogP) is 19.8. The molecule has 0 aliphatic heterocycles. The molecule has 6 heteroatoms. The van der Waals surface area contributed by atoms with Crippen LogP contribution >= 0.6 is 0 Å². The Kier molecular flexibility index (Phi) is 55.5. The zero-order chi connectivity index (χ0) is 52.2. The van der Waals surface area contributed by atoms with Gasteiger partial charge in [-0.2, -0.15) is 0 Å². The van der Waals surface area contributed by atoms with Crippen molar-refractivity contribution in [3.05, 3.63) is 134 Å². The van der Waals surface area contributed by atoms with Crippen LogP contribution in [0.25, 0.3) is 0 Å². The van der Waals surface area contributed by atoms with Crippen molar-refractivity contribution < 1.29 is 28.6 Å². The summed E-state index contributed by atoms with van der Waals surface area (Å²) in [4.78, 5) is 38.2. The predicted molar refractivity (Wildman–Crippen MR) is 311 cm³/mol. The van der Waals surface area contributed by atoms with Gasteiger partial charge in [0.15, 0.2) is 6.10 Å². The summed E-state index contributed by atoms with van der Waals surface area (Å²) in [6.07, 6.45) is 82.9. The minimum atomic E-state index is -0.809. The Hall–Kier alpha value is -4.45. The van der Waals surface area contributed by atoms with Gasteiger partial charge in [0, 0.05) is 19.3 Å². The smallest absolute Gasteiger partial charge is 0.306 e. The summed E-state index contributed by atoms with van der Waals surface area (Å²) in [5, 5.41) is 0. The van der Waals surface area contributed by atoms with Crippen LogP contribution in [0.4, 0.5) is 0 Å². The molecule has 6 nitrogen and oxygen atoms in total. The van der Waals surface area contributed by atoms with Crippen molar-refractivity contribution in [3.8, 4) is 0 Å². The number of rotatable bonds is 51. The van der Waals surface area contributed by atoms with Crippen molar-refractivity contribution in [3.63, 3.8) is 0 Å². The van der Waals surface area contributed by atoms with Gasteiger partial charge in [0.05, 0.1) is 0 Å². The zero-order valence-corrected chi connectivity index (χ0v) is 46.4. The van der Waals surface area contributed by atoms with Crippen molar-refractivity contribution >= 4 is 17.9 Å². The molecule has 1 unspecified atom stereocenters. The first-order valence-electron chi connectivity index (χ1n) is 29.3. The van der Waals surface area contributed by atoms with E-state index in [4.69, 9.17) is 14.2 Å². The molecule has 1 atom stereocenters. The third-order valence-electron chi connectivity index (χ3n) is 12.1. The van der Waals surface area contributed by atoms with E-state index < -0.39 is 6.10 Å². The number of carbonyl (C=O) groups is 3. The molecule has 0 saturated heterocycles. The van der Waals surface area contributed by atoms with E-state index in [0.29, 0.717) is 19.3 Å². The molecule has 0 saturated carbocycles. The number of hydrogen-bond donors (Lipinski definition) is 0. The van der Waals surface area contributed by atoms with Crippen LogP contribution in [-0.2, 0) is 28.6 Å². The van der Waals surface area contributed by atoms with E-state index in [9.17, 15) is 14.4 Å². The van der Waals surface area contributed by atoms with Crippen LogP contribution in [0.5, 0.6) is 0 Å². The first kappa shape index (κ1) is 67.5. The second kappa shape index (κ2) is 59.1. The standard InChI is InChI=1S/C66H106O6/c1-4-7-10-13-16-19-22-25-28-31-33-35-38-41-44-47-50-53-56-59-65(68)71-62-63(61-70-64(67)58-55-52-49-46-43-40-37-30-27-24-21-18-15-12-9-6-3)72-66(69)60-57-54-51-48-45-42-39-36-34-32-29-26-23-20-17-14-11-8-5-2/h7-8,10-11,13,16-17,19-20,22,25-26,28-31,33,35,37-38,41,44,63H,4-6,9,12,14-15,18,21,23-24,27,32,34,36,39-40,42-43,45-62H2,1-3H3/b10-7-,11-8-,16-13-,20-17-,22-19-,28-25-,29-26-,33-31+,37-30-,38-35-,44-41-. The molecule has 0 rings (SSSR count). The third kappa shape index (κ3) is 56.5. The lowest BCUT2D eigenvalue weighted by molar-refractivity contribution is -0.167. The van der Waals surface area contributed by atoms with E-state index in [1.165, 1.54) is 96.3 Å². The summed E-state index contributed by atoms with van der Waals surface area (Å²) >= 11 is 0. The second-order valence-electron chi connectivity index (χ2n) is 19.0. The lowest BCUT2D eigenvalue weighted by Gasteiger charge is -2.18. The van der Waals surface area contributed by atoms with Crippen LogP contribution < -0.4 is 0 Å². The van der Waals surface area contributed by atoms with Gasteiger partial charge in [-0.3, -0.25) is 14.4 Å². The van der Waals surface area contributed by atoms with Gasteiger partial charge < -0.3 is 14.2 Å². The van der Waals surface area contributed by atoms with E-state index in [0.717, 1.165) is 109 Å². The number of carbonyl (C=O) groups excluding carboxylic acids is 3. The van der Waals surface area contributed by atoms with Gasteiger partial charge in [-0.1, -0.05) is 264 Å². The van der Waals surface area contributed by atoms with Crippen LogP contribution in [0.1, 0.15) is 245 Å². The monoisotopic (exact) mass is 995 g/mol.